The summed E-state index contributed by atoms with van der Waals surface area (Å²) < 4.78 is 38.1. The molecule has 0 aliphatic heterocycles. The van der Waals surface area contributed by atoms with Crippen molar-refractivity contribution in [3.8, 4) is 0 Å². The number of hydrogen-bond donors (Lipinski definition) is 0. The largest absolute Gasteiger partial charge is 0.301 e. The van der Waals surface area contributed by atoms with Crippen LogP contribution in [-0.4, -0.2) is 16.5 Å². The van der Waals surface area contributed by atoms with Gasteiger partial charge in [-0.3, -0.25) is 26.0 Å². The van der Waals surface area contributed by atoms with Gasteiger partial charge in [0.25, 0.3) is 0 Å². The summed E-state index contributed by atoms with van der Waals surface area (Å²) in [5.41, 5.74) is 2.48. The predicted octanol–water partition coefficient (Wildman–Crippen LogP) is 2.48. The number of nitro groups is 2. The molecule has 0 saturated heterocycles. The molecule has 0 aromatic heterocycles. The smallest absolute Gasteiger partial charge is 0.288 e. The molecule has 97 valence electrons. The van der Waals surface area contributed by atoms with Crippen molar-refractivity contribution in [1.82, 2.24) is 5.73 Å². The lowest BCUT2D eigenvalue weighted by molar-refractivity contribution is -0.392. The summed E-state index contributed by atoms with van der Waals surface area (Å²) in [6, 6.07) is 0.518. The summed E-state index contributed by atoms with van der Waals surface area (Å²) in [5, 5.41) is 21.0. The third kappa shape index (κ3) is 2.31. The highest BCUT2D eigenvalue weighted by atomic mass is 19.3. The van der Waals surface area contributed by atoms with Gasteiger partial charge in [-0.15, -0.1) is 0 Å². The van der Waals surface area contributed by atoms with Crippen LogP contribution in [0.25, 0.3) is 0 Å². The highest BCUT2D eigenvalue weighted by Gasteiger charge is 2.37. The van der Waals surface area contributed by atoms with Crippen LogP contribution in [0.15, 0.2) is 12.1 Å². The van der Waals surface area contributed by atoms with Crippen LogP contribution in [0.2, 0.25) is 0 Å². The van der Waals surface area contributed by atoms with E-state index in [1.54, 1.807) is 0 Å². The van der Waals surface area contributed by atoms with Gasteiger partial charge in [-0.05, 0) is 0 Å². The van der Waals surface area contributed by atoms with Gasteiger partial charge in [-0.2, -0.15) is 8.78 Å². The van der Waals surface area contributed by atoms with E-state index in [4.69, 9.17) is 5.73 Å². The SMILES string of the molecule is [NH]c1c([N+](=O)[O-])cc(C(F)(F)CF)cc1[N+](=O)[O-]. The number of hydrogen-bond acceptors (Lipinski definition) is 4. The van der Waals surface area contributed by atoms with Gasteiger partial charge in [-0.1, -0.05) is 0 Å². The van der Waals surface area contributed by atoms with Gasteiger partial charge >= 0.3 is 17.3 Å². The Balaban J connectivity index is 3.58. The number of nitrogens with one attached hydrogen (secondary N) is 1. The van der Waals surface area contributed by atoms with Crippen molar-refractivity contribution in [2.24, 2.45) is 0 Å². The number of nitrogens with zero attached hydrogens (tertiary/aromatic N) is 2. The molecule has 0 spiro atoms. The van der Waals surface area contributed by atoms with Crippen LogP contribution in [0.1, 0.15) is 5.56 Å². The molecule has 18 heavy (non-hydrogen) atoms. The molecule has 0 aliphatic rings. The van der Waals surface area contributed by atoms with Gasteiger partial charge in [0.1, 0.15) is 0 Å². The Morgan fingerprint density at radius 3 is 1.83 bits per heavy atom. The number of alkyl halides is 3. The molecule has 0 fully saturated rings. The van der Waals surface area contributed by atoms with E-state index >= 15 is 0 Å². The Morgan fingerprint density at radius 2 is 1.56 bits per heavy atom. The van der Waals surface area contributed by atoms with E-state index in [0.717, 1.165) is 0 Å². The summed E-state index contributed by atoms with van der Waals surface area (Å²) in [6.07, 6.45) is 0. The quantitative estimate of drug-likeness (QED) is 0.614. The molecule has 0 heterocycles. The van der Waals surface area contributed by atoms with Crippen molar-refractivity contribution >= 4 is 17.1 Å². The molecule has 1 aromatic carbocycles. The Morgan fingerprint density at radius 1 is 1.17 bits per heavy atom. The number of benzene rings is 1. The standard InChI is InChI=1S/C8H5F3N3O4/c9-3-8(10,11)4-1-5(13(15)16)7(12)6(2-4)14(17)18/h1-2,12H,3H2. The molecule has 1 radical (unpaired) electrons. The second kappa shape index (κ2) is 4.47. The maximum atomic E-state index is 13.0. The third-order valence-electron chi connectivity index (χ3n) is 2.08. The first-order valence-corrected chi connectivity index (χ1v) is 4.33. The molecule has 10 heteroatoms. The lowest BCUT2D eigenvalue weighted by Gasteiger charge is -2.12. The minimum atomic E-state index is -4.08. The third-order valence-corrected chi connectivity index (χ3v) is 2.08. The van der Waals surface area contributed by atoms with Gasteiger partial charge in [0, 0.05) is 17.7 Å². The van der Waals surface area contributed by atoms with Crippen molar-refractivity contribution in [3.05, 3.63) is 37.9 Å². The maximum Gasteiger partial charge on any atom is 0.301 e. The predicted molar refractivity (Wildman–Crippen MR) is 52.4 cm³/mol. The molecule has 0 unspecified atom stereocenters. The molecule has 1 aromatic rings. The van der Waals surface area contributed by atoms with Crippen LogP contribution >= 0.6 is 0 Å². The monoisotopic (exact) mass is 264 g/mol. The highest BCUT2D eigenvalue weighted by molar-refractivity contribution is 5.70. The average Bonchev–Trinajstić information content (AvgIpc) is 2.28. The minimum absolute atomic E-state index is 0.259. The topological polar surface area (TPSA) is 110 Å². The first kappa shape index (κ1) is 13.7. The molecule has 1 rings (SSSR count). The van der Waals surface area contributed by atoms with E-state index in [1.807, 2.05) is 0 Å². The molecule has 0 aliphatic carbocycles. The van der Waals surface area contributed by atoms with E-state index in [0.29, 0.717) is 0 Å². The van der Waals surface area contributed by atoms with E-state index < -0.39 is 45.1 Å². The Hall–Kier alpha value is -2.39. The van der Waals surface area contributed by atoms with Crippen LogP contribution < -0.4 is 5.73 Å². The molecule has 0 amide bonds. The van der Waals surface area contributed by atoms with E-state index in [9.17, 15) is 33.4 Å². The normalized spacial score (nSPS) is 11.3. The van der Waals surface area contributed by atoms with Crippen molar-refractivity contribution in [2.75, 3.05) is 6.67 Å². The fourth-order valence-electron chi connectivity index (χ4n) is 1.19. The summed E-state index contributed by atoms with van der Waals surface area (Å²) in [4.78, 5) is 18.5. The van der Waals surface area contributed by atoms with Crippen LogP contribution in [0.5, 0.6) is 0 Å². The maximum absolute atomic E-state index is 13.0. The molecule has 1 N–H and O–H groups in total. The first-order valence-electron chi connectivity index (χ1n) is 4.33. The van der Waals surface area contributed by atoms with E-state index in [-0.39, 0.29) is 12.1 Å². The van der Waals surface area contributed by atoms with Gasteiger partial charge in [0.15, 0.2) is 6.67 Å². The van der Waals surface area contributed by atoms with E-state index in [2.05, 4.69) is 0 Å². The van der Waals surface area contributed by atoms with Gasteiger partial charge < -0.3 is 0 Å². The van der Waals surface area contributed by atoms with Gasteiger partial charge in [0.05, 0.1) is 9.85 Å². The summed E-state index contributed by atoms with van der Waals surface area (Å²) in [7, 11) is 0. The Bertz CT molecular complexity index is 485. The molecule has 7 nitrogen and oxygen atoms in total. The van der Waals surface area contributed by atoms with Crippen LogP contribution in [0.3, 0.4) is 0 Å². The minimum Gasteiger partial charge on any atom is -0.288 e. The van der Waals surface area contributed by atoms with Gasteiger partial charge in [0.2, 0.25) is 5.69 Å². The van der Waals surface area contributed by atoms with Crippen molar-refractivity contribution in [1.29, 1.82) is 0 Å². The van der Waals surface area contributed by atoms with Crippen molar-refractivity contribution in [3.63, 3.8) is 0 Å². The summed E-state index contributed by atoms with van der Waals surface area (Å²) in [6.45, 7) is -2.15. The van der Waals surface area contributed by atoms with Crippen molar-refractivity contribution in [2.45, 2.75) is 5.92 Å². The van der Waals surface area contributed by atoms with E-state index in [1.165, 1.54) is 0 Å². The Labute approximate surface area is 97.3 Å². The summed E-state index contributed by atoms with van der Waals surface area (Å²) in [5.74, 6) is -4.08. The zero-order chi connectivity index (χ0) is 14.1. The highest BCUT2D eigenvalue weighted by Crippen LogP contribution is 2.39. The number of halogens is 3. The van der Waals surface area contributed by atoms with Crippen LogP contribution in [0.4, 0.5) is 30.2 Å². The molecule has 0 saturated carbocycles. The van der Waals surface area contributed by atoms with Crippen molar-refractivity contribution < 1.29 is 23.0 Å². The molecular formula is C8H5F3N3O4. The number of rotatable bonds is 4. The lowest BCUT2D eigenvalue weighted by atomic mass is 10.1. The fraction of sp³-hybridized carbons (Fsp3) is 0.250. The zero-order valence-electron chi connectivity index (χ0n) is 8.52. The summed E-state index contributed by atoms with van der Waals surface area (Å²) >= 11 is 0. The molecular weight excluding hydrogens is 259 g/mol. The second-order valence-electron chi connectivity index (χ2n) is 3.24. The average molecular weight is 264 g/mol. The van der Waals surface area contributed by atoms with Gasteiger partial charge in [-0.25, -0.2) is 4.39 Å². The molecule has 0 bridgehead atoms. The zero-order valence-corrected chi connectivity index (χ0v) is 8.52. The van der Waals surface area contributed by atoms with Crippen LogP contribution in [-0.2, 0) is 5.92 Å². The number of nitro benzene ring substituents is 2. The lowest BCUT2D eigenvalue weighted by Crippen LogP contribution is -2.16. The second-order valence-corrected chi connectivity index (χ2v) is 3.24. The van der Waals surface area contributed by atoms with Crippen LogP contribution in [0, 0.1) is 20.2 Å². The molecule has 0 atom stereocenters. The first-order chi connectivity index (χ1) is 8.20. The Kier molecular flexibility index (Phi) is 3.39. The fourth-order valence-corrected chi connectivity index (χ4v) is 1.19.